The summed E-state index contributed by atoms with van der Waals surface area (Å²) < 4.78 is 6.18. The summed E-state index contributed by atoms with van der Waals surface area (Å²) in [5.74, 6) is -0.824. The van der Waals surface area contributed by atoms with Crippen molar-refractivity contribution in [1.29, 1.82) is 0 Å². The van der Waals surface area contributed by atoms with E-state index < -0.39 is 11.4 Å². The number of hydrogen-bond donors (Lipinski definition) is 0. The van der Waals surface area contributed by atoms with Gasteiger partial charge >= 0.3 is 11.4 Å². The van der Waals surface area contributed by atoms with Crippen molar-refractivity contribution < 1.29 is 4.42 Å². The van der Waals surface area contributed by atoms with Gasteiger partial charge in [0, 0.05) is 15.6 Å². The molecule has 4 rings (SSSR count). The molecular formula is C20H12Cl2N2O3. The smallest absolute Gasteiger partial charge is 0.372 e. The monoisotopic (exact) mass is 398 g/mol. The summed E-state index contributed by atoms with van der Waals surface area (Å²) in [6.45, 7) is 1.70. The summed E-state index contributed by atoms with van der Waals surface area (Å²) in [6.07, 6.45) is 0. The third kappa shape index (κ3) is 3.16. The second-order valence-corrected chi connectivity index (χ2v) is 6.84. The Morgan fingerprint density at radius 2 is 1.63 bits per heavy atom. The average Bonchev–Trinajstić information content (AvgIpc) is 2.61. The quantitative estimate of drug-likeness (QED) is 0.493. The molecule has 2 heterocycles. The van der Waals surface area contributed by atoms with E-state index in [1.165, 1.54) is 4.57 Å². The predicted octanol–water partition coefficient (Wildman–Crippen LogP) is 4.62. The molecule has 27 heavy (non-hydrogen) atoms. The highest BCUT2D eigenvalue weighted by Gasteiger charge is 2.16. The molecule has 0 saturated carbocycles. The lowest BCUT2D eigenvalue weighted by Crippen LogP contribution is -2.24. The van der Waals surface area contributed by atoms with Gasteiger partial charge in [-0.1, -0.05) is 53.5 Å². The lowest BCUT2D eigenvalue weighted by molar-refractivity contribution is 0.444. The van der Waals surface area contributed by atoms with E-state index in [9.17, 15) is 9.59 Å². The number of rotatable bonds is 2. The van der Waals surface area contributed by atoms with Crippen molar-refractivity contribution in [1.82, 2.24) is 9.55 Å². The molecule has 2 aromatic carbocycles. The van der Waals surface area contributed by atoms with Crippen molar-refractivity contribution >= 4 is 34.1 Å². The highest BCUT2D eigenvalue weighted by Crippen LogP contribution is 2.26. The van der Waals surface area contributed by atoms with E-state index in [4.69, 9.17) is 27.6 Å². The van der Waals surface area contributed by atoms with Crippen LogP contribution in [0.1, 0.15) is 5.69 Å². The zero-order valence-corrected chi connectivity index (χ0v) is 15.6. The Morgan fingerprint density at radius 1 is 0.963 bits per heavy atom. The van der Waals surface area contributed by atoms with Gasteiger partial charge in [0.2, 0.25) is 0 Å². The molecule has 7 heteroatoms. The van der Waals surface area contributed by atoms with Crippen molar-refractivity contribution in [2.75, 3.05) is 0 Å². The van der Waals surface area contributed by atoms with Crippen LogP contribution in [0.15, 0.2) is 68.6 Å². The molecule has 0 spiro atoms. The van der Waals surface area contributed by atoms with Crippen LogP contribution < -0.4 is 11.4 Å². The van der Waals surface area contributed by atoms with Crippen molar-refractivity contribution in [3.8, 4) is 16.9 Å². The van der Waals surface area contributed by atoms with Crippen LogP contribution in [-0.2, 0) is 0 Å². The Hall–Kier alpha value is -2.89. The SMILES string of the molecule is Cc1nc(-c2ccccc2)cc2c1c(=O)oc(=O)n2-c1cc(Cl)cc(Cl)c1. The molecule has 0 N–H and O–H groups in total. The van der Waals surface area contributed by atoms with E-state index in [2.05, 4.69) is 4.98 Å². The van der Waals surface area contributed by atoms with Crippen LogP contribution in [0.5, 0.6) is 0 Å². The van der Waals surface area contributed by atoms with Crippen LogP contribution in [0, 0.1) is 6.92 Å². The molecule has 0 amide bonds. The molecular weight excluding hydrogens is 387 g/mol. The van der Waals surface area contributed by atoms with Crippen LogP contribution in [0.2, 0.25) is 10.0 Å². The number of pyridine rings is 1. The molecule has 0 atom stereocenters. The zero-order chi connectivity index (χ0) is 19.1. The first-order valence-electron chi connectivity index (χ1n) is 8.03. The van der Waals surface area contributed by atoms with Gasteiger partial charge in [-0.05, 0) is 31.2 Å². The molecule has 0 aliphatic rings. The van der Waals surface area contributed by atoms with Crippen LogP contribution in [0.3, 0.4) is 0 Å². The first-order valence-corrected chi connectivity index (χ1v) is 8.79. The van der Waals surface area contributed by atoms with Crippen molar-refractivity contribution in [3.05, 3.63) is 91.3 Å². The molecule has 0 saturated heterocycles. The van der Waals surface area contributed by atoms with Gasteiger partial charge in [0.25, 0.3) is 0 Å². The maximum atomic E-state index is 12.5. The Balaban J connectivity index is 2.14. The van der Waals surface area contributed by atoms with E-state index in [-0.39, 0.29) is 5.39 Å². The average molecular weight is 399 g/mol. The summed E-state index contributed by atoms with van der Waals surface area (Å²) in [5, 5.41) is 0.945. The van der Waals surface area contributed by atoms with E-state index in [1.807, 2.05) is 30.3 Å². The predicted molar refractivity (Wildman–Crippen MR) is 106 cm³/mol. The second-order valence-electron chi connectivity index (χ2n) is 5.97. The third-order valence-corrected chi connectivity index (χ3v) is 4.60. The normalized spacial score (nSPS) is 11.1. The fourth-order valence-electron chi connectivity index (χ4n) is 3.03. The highest BCUT2D eigenvalue weighted by molar-refractivity contribution is 6.34. The van der Waals surface area contributed by atoms with E-state index >= 15 is 0 Å². The van der Waals surface area contributed by atoms with Crippen molar-refractivity contribution in [2.45, 2.75) is 6.92 Å². The summed E-state index contributed by atoms with van der Waals surface area (Å²) in [6, 6.07) is 15.9. The number of aromatic nitrogens is 2. The maximum Gasteiger partial charge on any atom is 0.426 e. The largest absolute Gasteiger partial charge is 0.426 e. The summed E-state index contributed by atoms with van der Waals surface area (Å²) in [5.41, 5.74) is 1.99. The van der Waals surface area contributed by atoms with Crippen LogP contribution in [-0.4, -0.2) is 9.55 Å². The number of hydrogen-bond acceptors (Lipinski definition) is 4. The molecule has 134 valence electrons. The number of nitrogens with zero attached hydrogens (tertiary/aromatic N) is 2. The minimum absolute atomic E-state index is 0.227. The van der Waals surface area contributed by atoms with Gasteiger partial charge in [-0.2, -0.15) is 0 Å². The minimum Gasteiger partial charge on any atom is -0.372 e. The Morgan fingerprint density at radius 3 is 2.30 bits per heavy atom. The molecule has 4 aromatic rings. The van der Waals surface area contributed by atoms with Gasteiger partial charge in [-0.25, -0.2) is 14.2 Å². The Kier molecular flexibility index (Phi) is 4.34. The standard InChI is InChI=1S/C20H12Cl2N2O3/c1-11-18-17(10-16(23-11)12-5-3-2-4-6-12)24(20(26)27-19(18)25)15-8-13(21)7-14(22)9-15/h2-10H,1H3. The number of fused-ring (bicyclic) bond motifs is 1. The lowest BCUT2D eigenvalue weighted by atomic mass is 10.1. The van der Waals surface area contributed by atoms with Gasteiger partial charge in [0.1, 0.15) is 5.39 Å². The molecule has 0 bridgehead atoms. The van der Waals surface area contributed by atoms with Gasteiger partial charge in [-0.3, -0.25) is 4.98 Å². The van der Waals surface area contributed by atoms with E-state index in [0.717, 1.165) is 5.56 Å². The van der Waals surface area contributed by atoms with Crippen molar-refractivity contribution in [2.24, 2.45) is 0 Å². The first kappa shape index (κ1) is 17.5. The Labute approximate surface area is 163 Å². The van der Waals surface area contributed by atoms with Crippen LogP contribution in [0.4, 0.5) is 0 Å². The summed E-state index contributed by atoms with van der Waals surface area (Å²) in [7, 11) is 0. The fourth-order valence-corrected chi connectivity index (χ4v) is 3.54. The van der Waals surface area contributed by atoms with Crippen molar-refractivity contribution in [3.63, 3.8) is 0 Å². The fraction of sp³-hybridized carbons (Fsp3) is 0.0500. The second kappa shape index (κ2) is 6.68. The first-order chi connectivity index (χ1) is 12.9. The maximum absolute atomic E-state index is 12.5. The van der Waals surface area contributed by atoms with Crippen LogP contribution in [0.25, 0.3) is 27.8 Å². The Bertz CT molecular complexity index is 1270. The third-order valence-electron chi connectivity index (χ3n) is 4.16. The molecule has 0 aliphatic carbocycles. The van der Waals surface area contributed by atoms with Gasteiger partial charge in [0.15, 0.2) is 0 Å². The molecule has 0 aliphatic heterocycles. The molecule has 0 radical (unpaired) electrons. The topological polar surface area (TPSA) is 65.1 Å². The summed E-state index contributed by atoms with van der Waals surface area (Å²) in [4.78, 5) is 29.3. The van der Waals surface area contributed by atoms with Gasteiger partial charge in [0.05, 0.1) is 22.6 Å². The summed E-state index contributed by atoms with van der Waals surface area (Å²) >= 11 is 12.2. The van der Waals surface area contributed by atoms with Crippen LogP contribution >= 0.6 is 23.2 Å². The number of benzene rings is 2. The lowest BCUT2D eigenvalue weighted by Gasteiger charge is -2.12. The minimum atomic E-state index is -0.824. The van der Waals surface area contributed by atoms with Gasteiger partial charge < -0.3 is 4.42 Å². The van der Waals surface area contributed by atoms with E-state index in [0.29, 0.717) is 32.6 Å². The number of halogens is 2. The highest BCUT2D eigenvalue weighted by atomic mass is 35.5. The molecule has 5 nitrogen and oxygen atoms in total. The molecule has 0 unspecified atom stereocenters. The number of aryl methyl sites for hydroxylation is 1. The van der Waals surface area contributed by atoms with E-state index in [1.54, 1.807) is 31.2 Å². The van der Waals surface area contributed by atoms with Gasteiger partial charge in [-0.15, -0.1) is 0 Å². The molecule has 2 aromatic heterocycles. The zero-order valence-electron chi connectivity index (χ0n) is 14.1. The molecule has 0 fully saturated rings.